The van der Waals surface area contributed by atoms with Crippen LogP contribution in [0.15, 0.2) is 4.99 Å². The van der Waals surface area contributed by atoms with Crippen molar-refractivity contribution in [2.24, 2.45) is 4.99 Å². The minimum atomic E-state index is 0.0474. The summed E-state index contributed by atoms with van der Waals surface area (Å²) in [6, 6.07) is 0.426. The summed E-state index contributed by atoms with van der Waals surface area (Å²) in [4.78, 5) is 15.9. The van der Waals surface area contributed by atoms with Crippen LogP contribution in [0.3, 0.4) is 0 Å². The van der Waals surface area contributed by atoms with Gasteiger partial charge >= 0.3 is 0 Å². The molecule has 0 spiro atoms. The largest absolute Gasteiger partial charge is 0.360 e. The molecule has 4 nitrogen and oxygen atoms in total. The lowest BCUT2D eigenvalue weighted by Gasteiger charge is -2.35. The summed E-state index contributed by atoms with van der Waals surface area (Å²) in [5.74, 6) is 1.13. The number of thioether (sulfide) groups is 1. The fourth-order valence-electron chi connectivity index (χ4n) is 1.72. The molecule has 1 aliphatic heterocycles. The Morgan fingerprint density at radius 2 is 2.41 bits per heavy atom. The molecule has 1 saturated carbocycles. The average molecular weight is 255 g/mol. The van der Waals surface area contributed by atoms with Gasteiger partial charge in [0.1, 0.15) is 6.54 Å². The van der Waals surface area contributed by atoms with Crippen molar-refractivity contribution < 1.29 is 4.79 Å². The second-order valence-electron chi connectivity index (χ2n) is 5.10. The van der Waals surface area contributed by atoms with E-state index in [4.69, 9.17) is 0 Å². The fourth-order valence-corrected chi connectivity index (χ4v) is 2.94. The number of amides is 1. The Morgan fingerprint density at radius 3 is 3.06 bits per heavy atom. The number of nitrogens with one attached hydrogen (secondary N) is 2. The number of amidine groups is 1. The molecule has 5 heteroatoms. The summed E-state index contributed by atoms with van der Waals surface area (Å²) in [6.07, 6.45) is 4.49. The van der Waals surface area contributed by atoms with Crippen molar-refractivity contribution >= 4 is 22.8 Å². The van der Waals surface area contributed by atoms with E-state index in [0.717, 1.165) is 36.6 Å². The van der Waals surface area contributed by atoms with Crippen molar-refractivity contribution in [1.29, 1.82) is 0 Å². The van der Waals surface area contributed by atoms with E-state index in [1.54, 1.807) is 11.8 Å². The van der Waals surface area contributed by atoms with Crippen LogP contribution in [0.25, 0.3) is 0 Å². The van der Waals surface area contributed by atoms with Gasteiger partial charge in [-0.25, -0.2) is 0 Å². The van der Waals surface area contributed by atoms with Gasteiger partial charge in [0.05, 0.1) is 0 Å². The maximum atomic E-state index is 11.5. The van der Waals surface area contributed by atoms with E-state index in [1.807, 2.05) is 0 Å². The molecule has 17 heavy (non-hydrogen) atoms. The summed E-state index contributed by atoms with van der Waals surface area (Å²) < 4.78 is 0. The van der Waals surface area contributed by atoms with Gasteiger partial charge in [0.2, 0.25) is 5.91 Å². The fraction of sp³-hybridized carbons (Fsp3) is 0.833. The molecule has 0 bridgehead atoms. The summed E-state index contributed by atoms with van der Waals surface area (Å²) in [7, 11) is 0. The highest BCUT2D eigenvalue weighted by atomic mass is 32.2. The van der Waals surface area contributed by atoms with Crippen LogP contribution < -0.4 is 10.6 Å². The highest BCUT2D eigenvalue weighted by molar-refractivity contribution is 8.13. The zero-order valence-electron chi connectivity index (χ0n) is 10.6. The number of aliphatic imine (C=N–C) groups is 1. The highest BCUT2D eigenvalue weighted by Crippen LogP contribution is 2.24. The molecular weight excluding hydrogens is 234 g/mol. The van der Waals surface area contributed by atoms with Gasteiger partial charge in [0.25, 0.3) is 0 Å². The number of hydrogen-bond donors (Lipinski definition) is 2. The lowest BCUT2D eigenvalue weighted by molar-refractivity contribution is -0.119. The molecule has 1 unspecified atom stereocenters. The van der Waals surface area contributed by atoms with Crippen LogP contribution >= 0.6 is 11.8 Å². The van der Waals surface area contributed by atoms with Crippen molar-refractivity contribution in [2.75, 3.05) is 12.3 Å². The van der Waals surface area contributed by atoms with Crippen molar-refractivity contribution in [1.82, 2.24) is 10.6 Å². The van der Waals surface area contributed by atoms with Crippen molar-refractivity contribution in [2.45, 2.75) is 51.1 Å². The number of carbonyl (C=O) groups excluding carboxylic acids is 1. The van der Waals surface area contributed by atoms with E-state index >= 15 is 0 Å². The first-order valence-corrected chi connectivity index (χ1v) is 7.35. The zero-order valence-corrected chi connectivity index (χ0v) is 11.4. The van der Waals surface area contributed by atoms with Crippen LogP contribution in [0.5, 0.6) is 0 Å². The molecule has 2 rings (SSSR count). The Labute approximate surface area is 107 Å². The topological polar surface area (TPSA) is 53.5 Å². The first-order chi connectivity index (χ1) is 8.11. The first-order valence-electron chi connectivity index (χ1n) is 6.36. The Kier molecular flexibility index (Phi) is 3.97. The van der Waals surface area contributed by atoms with Gasteiger partial charge in [0.15, 0.2) is 5.17 Å². The molecule has 1 aliphatic carbocycles. The lowest BCUT2D eigenvalue weighted by atomic mass is 9.96. The molecule has 0 aromatic rings. The summed E-state index contributed by atoms with van der Waals surface area (Å²) in [6.45, 7) is 4.65. The number of nitrogens with zero attached hydrogens (tertiary/aromatic N) is 1. The van der Waals surface area contributed by atoms with Crippen LogP contribution in [0.2, 0.25) is 0 Å². The standard InChI is InChI=1S/C12H21N3OS/c1-3-12(2)6-7-17-11(15-12)13-8-10(16)14-9-4-5-9/h9H,3-8H2,1-2H3,(H,13,15)(H,14,16). The summed E-state index contributed by atoms with van der Waals surface area (Å²) in [5, 5.41) is 7.30. The quantitative estimate of drug-likeness (QED) is 0.801. The molecule has 0 aromatic heterocycles. The van der Waals surface area contributed by atoms with Crippen LogP contribution in [0.4, 0.5) is 0 Å². The lowest BCUT2D eigenvalue weighted by Crippen LogP contribution is -2.48. The van der Waals surface area contributed by atoms with E-state index < -0.39 is 0 Å². The smallest absolute Gasteiger partial charge is 0.241 e. The molecule has 0 aromatic carbocycles. The average Bonchev–Trinajstić information content (AvgIpc) is 3.11. The summed E-state index contributed by atoms with van der Waals surface area (Å²) in [5.41, 5.74) is 0.150. The van der Waals surface area contributed by atoms with Gasteiger partial charge in [-0.3, -0.25) is 9.79 Å². The predicted octanol–water partition coefficient (Wildman–Crippen LogP) is 1.52. The first kappa shape index (κ1) is 12.7. The van der Waals surface area contributed by atoms with E-state index in [-0.39, 0.29) is 18.0 Å². The SMILES string of the molecule is CCC1(C)CCSC(=NCC(=O)NC2CC2)N1. The Balaban J connectivity index is 1.81. The Bertz CT molecular complexity index is 328. The zero-order chi connectivity index (χ0) is 12.3. The molecule has 0 radical (unpaired) electrons. The van der Waals surface area contributed by atoms with Gasteiger partial charge in [-0.1, -0.05) is 18.7 Å². The highest BCUT2D eigenvalue weighted by Gasteiger charge is 2.28. The predicted molar refractivity (Wildman–Crippen MR) is 72.4 cm³/mol. The molecule has 2 fully saturated rings. The molecule has 2 aliphatic rings. The molecule has 1 saturated heterocycles. The third-order valence-electron chi connectivity index (χ3n) is 3.39. The molecule has 1 amide bonds. The van der Waals surface area contributed by atoms with E-state index in [1.165, 1.54) is 0 Å². The van der Waals surface area contributed by atoms with Gasteiger partial charge in [0, 0.05) is 17.3 Å². The molecule has 2 N–H and O–H groups in total. The Hall–Kier alpha value is -0.710. The monoisotopic (exact) mass is 255 g/mol. The second-order valence-corrected chi connectivity index (χ2v) is 6.18. The second kappa shape index (κ2) is 5.29. The Morgan fingerprint density at radius 1 is 1.65 bits per heavy atom. The number of carbonyl (C=O) groups is 1. The van der Waals surface area contributed by atoms with Gasteiger partial charge in [-0.05, 0) is 32.6 Å². The van der Waals surface area contributed by atoms with Crippen LogP contribution in [0.1, 0.15) is 39.5 Å². The minimum Gasteiger partial charge on any atom is -0.360 e. The maximum absolute atomic E-state index is 11.5. The van der Waals surface area contributed by atoms with Gasteiger partial charge in [-0.2, -0.15) is 0 Å². The molecule has 1 atom stereocenters. The normalized spacial score (nSPS) is 31.1. The number of rotatable bonds is 4. The third kappa shape index (κ3) is 3.91. The van der Waals surface area contributed by atoms with Crippen molar-refractivity contribution in [3.63, 3.8) is 0 Å². The minimum absolute atomic E-state index is 0.0474. The number of hydrogen-bond acceptors (Lipinski definition) is 3. The van der Waals surface area contributed by atoms with Crippen LogP contribution in [-0.4, -0.2) is 35.0 Å². The van der Waals surface area contributed by atoms with E-state index in [9.17, 15) is 4.79 Å². The molecular formula is C12H21N3OS. The maximum Gasteiger partial charge on any atom is 0.241 e. The van der Waals surface area contributed by atoms with Crippen molar-refractivity contribution in [3.05, 3.63) is 0 Å². The molecule has 96 valence electrons. The van der Waals surface area contributed by atoms with E-state index in [2.05, 4.69) is 29.5 Å². The van der Waals surface area contributed by atoms with Crippen molar-refractivity contribution in [3.8, 4) is 0 Å². The van der Waals surface area contributed by atoms with Crippen LogP contribution in [-0.2, 0) is 4.79 Å². The third-order valence-corrected chi connectivity index (χ3v) is 4.30. The van der Waals surface area contributed by atoms with Gasteiger partial charge < -0.3 is 10.6 Å². The van der Waals surface area contributed by atoms with Gasteiger partial charge in [-0.15, -0.1) is 0 Å². The summed E-state index contributed by atoms with van der Waals surface area (Å²) >= 11 is 1.72. The van der Waals surface area contributed by atoms with E-state index in [0.29, 0.717) is 6.04 Å². The molecule has 1 heterocycles. The van der Waals surface area contributed by atoms with Crippen LogP contribution in [0, 0.1) is 0 Å².